The maximum absolute atomic E-state index is 12.7. The molecule has 1 aromatic heterocycles. The van der Waals surface area contributed by atoms with Gasteiger partial charge in [-0.15, -0.1) is 0 Å². The highest BCUT2D eigenvalue weighted by molar-refractivity contribution is 7.77. The average molecular weight is 485 g/mol. The molecule has 0 radical (unpaired) electrons. The first-order chi connectivity index (χ1) is 15.1. The van der Waals surface area contributed by atoms with E-state index in [1.54, 1.807) is 49.7 Å². The lowest BCUT2D eigenvalue weighted by atomic mass is 10.2. The number of unbranched alkanes of at least 4 members (excludes halogenated alkanes) is 2. The fourth-order valence-electron chi connectivity index (χ4n) is 2.95. The molecule has 11 heteroatoms. The van der Waals surface area contributed by atoms with E-state index in [2.05, 4.69) is 10.3 Å². The molecule has 2 amide bonds. The number of carbonyl (C=O) groups is 2. The van der Waals surface area contributed by atoms with Crippen molar-refractivity contribution in [1.29, 1.82) is 0 Å². The second-order valence-corrected chi connectivity index (χ2v) is 8.84. The number of rotatable bonds is 10. The molecule has 0 aliphatic heterocycles. The molecule has 0 bridgehead atoms. The quantitative estimate of drug-likeness (QED) is 0.375. The minimum atomic E-state index is -2.42. The smallest absolute Gasteiger partial charge is 0.411 e. The van der Waals surface area contributed by atoms with Crippen LogP contribution in [-0.2, 0) is 22.5 Å². The largest absolute Gasteiger partial charge is 0.447 e. The molecule has 2 aromatic rings. The summed E-state index contributed by atoms with van der Waals surface area (Å²) in [6.45, 7) is 7.77. The van der Waals surface area contributed by atoms with Gasteiger partial charge in [0, 0.05) is 23.5 Å². The summed E-state index contributed by atoms with van der Waals surface area (Å²) in [6, 6.07) is 5.07. The molecular formula is C21H29ClN4O5S. The fraction of sp³-hybridized carbons (Fsp3) is 0.476. The van der Waals surface area contributed by atoms with E-state index in [9.17, 15) is 18.4 Å². The number of imidazole rings is 1. The number of nitrogens with zero attached hydrogens (tertiary/aromatic N) is 3. The Kier molecular flexibility index (Phi) is 9.67. The predicted molar refractivity (Wildman–Crippen MR) is 124 cm³/mol. The van der Waals surface area contributed by atoms with Gasteiger partial charge in [0.2, 0.25) is 0 Å². The van der Waals surface area contributed by atoms with Crippen molar-refractivity contribution in [3.05, 3.63) is 46.5 Å². The Morgan fingerprint density at radius 2 is 2.06 bits per heavy atom. The highest BCUT2D eigenvalue weighted by atomic mass is 35.5. The summed E-state index contributed by atoms with van der Waals surface area (Å²) in [5, 5.41) is 3.03. The third-order valence-corrected chi connectivity index (χ3v) is 5.64. The van der Waals surface area contributed by atoms with Crippen molar-refractivity contribution in [3.63, 3.8) is 0 Å². The maximum Gasteiger partial charge on any atom is 0.411 e. The van der Waals surface area contributed by atoms with Gasteiger partial charge in [-0.05, 0) is 44.9 Å². The molecule has 0 saturated heterocycles. The molecule has 32 heavy (non-hydrogen) atoms. The lowest BCUT2D eigenvalue weighted by Gasteiger charge is -2.16. The SMILES string of the molecule is CCCCCN(C(=O)c1cn(Cc2ccc(NC(=O)OC(C)C)cc2Cl)c(C)n1)S(=O)O. The van der Waals surface area contributed by atoms with Gasteiger partial charge in [0.15, 0.2) is 0 Å². The third-order valence-electron chi connectivity index (χ3n) is 4.56. The highest BCUT2D eigenvalue weighted by Crippen LogP contribution is 2.23. The molecule has 1 heterocycles. The van der Waals surface area contributed by atoms with Gasteiger partial charge in [-0.2, -0.15) is 0 Å². The zero-order chi connectivity index (χ0) is 23.8. The second-order valence-electron chi connectivity index (χ2n) is 7.53. The molecule has 0 aliphatic rings. The molecule has 9 nitrogen and oxygen atoms in total. The molecule has 1 aromatic carbocycles. The van der Waals surface area contributed by atoms with E-state index in [1.165, 1.54) is 0 Å². The average Bonchev–Trinajstić information content (AvgIpc) is 3.06. The Balaban J connectivity index is 2.13. The van der Waals surface area contributed by atoms with Crippen LogP contribution in [0.2, 0.25) is 5.02 Å². The summed E-state index contributed by atoms with van der Waals surface area (Å²) < 4.78 is 28.8. The molecule has 1 unspecified atom stereocenters. The van der Waals surface area contributed by atoms with Gasteiger partial charge < -0.3 is 9.30 Å². The normalized spacial score (nSPS) is 12.0. The number of ether oxygens (including phenoxy) is 1. The molecule has 0 aliphatic carbocycles. The summed E-state index contributed by atoms with van der Waals surface area (Å²) in [5.41, 5.74) is 1.34. The molecule has 2 N–H and O–H groups in total. The maximum atomic E-state index is 12.7. The molecule has 176 valence electrons. The Morgan fingerprint density at radius 1 is 1.34 bits per heavy atom. The van der Waals surface area contributed by atoms with Gasteiger partial charge in [0.1, 0.15) is 11.5 Å². The first-order valence-electron chi connectivity index (χ1n) is 10.3. The van der Waals surface area contributed by atoms with E-state index >= 15 is 0 Å². The van der Waals surface area contributed by atoms with Crippen LogP contribution in [0.3, 0.4) is 0 Å². The van der Waals surface area contributed by atoms with Crippen LogP contribution in [0.1, 0.15) is 61.9 Å². The topological polar surface area (TPSA) is 114 Å². The minimum absolute atomic E-state index is 0.0900. The van der Waals surface area contributed by atoms with Crippen LogP contribution in [0, 0.1) is 6.92 Å². The van der Waals surface area contributed by atoms with E-state index in [4.69, 9.17) is 16.3 Å². The number of hydrogen-bond donors (Lipinski definition) is 2. The van der Waals surface area contributed by atoms with Crippen LogP contribution in [-0.4, -0.2) is 47.3 Å². The Bertz CT molecular complexity index is 979. The first kappa shape index (κ1) is 25.8. The summed E-state index contributed by atoms with van der Waals surface area (Å²) in [5.74, 6) is -0.0394. The van der Waals surface area contributed by atoms with Gasteiger partial charge in [0.05, 0.1) is 12.6 Å². The van der Waals surface area contributed by atoms with E-state index in [0.717, 1.165) is 22.7 Å². The van der Waals surface area contributed by atoms with Crippen LogP contribution in [0.5, 0.6) is 0 Å². The number of carbonyl (C=O) groups excluding carboxylic acids is 2. The number of aromatic nitrogens is 2. The minimum Gasteiger partial charge on any atom is -0.447 e. The van der Waals surface area contributed by atoms with Crippen LogP contribution in [0.4, 0.5) is 10.5 Å². The predicted octanol–water partition coefficient (Wildman–Crippen LogP) is 4.62. The second kappa shape index (κ2) is 12.0. The van der Waals surface area contributed by atoms with Gasteiger partial charge in [-0.25, -0.2) is 18.3 Å². The number of aryl methyl sites for hydroxylation is 1. The van der Waals surface area contributed by atoms with Crippen molar-refractivity contribution < 1.29 is 23.1 Å². The van der Waals surface area contributed by atoms with Crippen LogP contribution in [0.25, 0.3) is 0 Å². The fourth-order valence-corrected chi connectivity index (χ4v) is 3.71. The van der Waals surface area contributed by atoms with E-state index < -0.39 is 23.3 Å². The van der Waals surface area contributed by atoms with Crippen molar-refractivity contribution >= 4 is 40.6 Å². The summed E-state index contributed by atoms with van der Waals surface area (Å²) >= 11 is 3.96. The van der Waals surface area contributed by atoms with E-state index in [1.807, 2.05) is 6.92 Å². The zero-order valence-corrected chi connectivity index (χ0v) is 20.2. The van der Waals surface area contributed by atoms with Crippen LogP contribution < -0.4 is 5.32 Å². The summed E-state index contributed by atoms with van der Waals surface area (Å²) in [4.78, 5) is 28.7. The van der Waals surface area contributed by atoms with Crippen molar-refractivity contribution in [1.82, 2.24) is 13.9 Å². The van der Waals surface area contributed by atoms with Crippen molar-refractivity contribution in [3.8, 4) is 0 Å². The number of anilines is 1. The van der Waals surface area contributed by atoms with Gasteiger partial charge >= 0.3 is 6.09 Å². The Labute approximate surface area is 195 Å². The lowest BCUT2D eigenvalue weighted by Crippen LogP contribution is -2.33. The standard InChI is InChI=1S/C21H29ClN4O5S/c1-5-6-7-10-26(32(29)30)20(27)19-13-25(15(4)23-19)12-16-8-9-17(11-18(16)22)24-21(28)31-14(2)3/h8-9,11,13-14H,5-7,10,12H2,1-4H3,(H,24,28)(H,29,30). The Morgan fingerprint density at radius 3 is 2.66 bits per heavy atom. The molecule has 0 spiro atoms. The van der Waals surface area contributed by atoms with E-state index in [0.29, 0.717) is 29.5 Å². The van der Waals surface area contributed by atoms with Gasteiger partial charge in [-0.1, -0.05) is 37.4 Å². The molecule has 0 saturated carbocycles. The molecule has 0 fully saturated rings. The van der Waals surface area contributed by atoms with Crippen molar-refractivity contribution in [2.75, 3.05) is 11.9 Å². The van der Waals surface area contributed by atoms with E-state index in [-0.39, 0.29) is 18.3 Å². The third kappa shape index (κ3) is 7.32. The number of nitrogens with one attached hydrogen (secondary N) is 1. The number of hydrogen-bond acceptors (Lipinski definition) is 5. The number of halogens is 1. The summed E-state index contributed by atoms with van der Waals surface area (Å²) in [7, 11) is 0. The van der Waals surface area contributed by atoms with Crippen LogP contribution in [0.15, 0.2) is 24.4 Å². The number of amides is 2. The summed E-state index contributed by atoms with van der Waals surface area (Å²) in [6.07, 6.45) is 3.16. The highest BCUT2D eigenvalue weighted by Gasteiger charge is 2.23. The monoisotopic (exact) mass is 484 g/mol. The molecule has 1 atom stereocenters. The van der Waals surface area contributed by atoms with Crippen LogP contribution >= 0.6 is 11.6 Å². The molecule has 2 rings (SSSR count). The Hall–Kier alpha value is -2.43. The van der Waals surface area contributed by atoms with Crippen molar-refractivity contribution in [2.45, 2.75) is 59.6 Å². The lowest BCUT2D eigenvalue weighted by molar-refractivity contribution is 0.0852. The van der Waals surface area contributed by atoms with Gasteiger partial charge in [-0.3, -0.25) is 14.7 Å². The first-order valence-corrected chi connectivity index (χ1v) is 11.8. The van der Waals surface area contributed by atoms with Crippen molar-refractivity contribution in [2.24, 2.45) is 0 Å². The zero-order valence-electron chi connectivity index (χ0n) is 18.6. The number of benzene rings is 1. The molecular weight excluding hydrogens is 456 g/mol. The van der Waals surface area contributed by atoms with Gasteiger partial charge in [0.25, 0.3) is 17.2 Å².